The van der Waals surface area contributed by atoms with Crippen molar-refractivity contribution in [3.63, 3.8) is 0 Å². The van der Waals surface area contributed by atoms with Crippen molar-refractivity contribution in [2.24, 2.45) is 17.6 Å². The summed E-state index contributed by atoms with van der Waals surface area (Å²) in [7, 11) is 0. The lowest BCUT2D eigenvalue weighted by Gasteiger charge is -2.33. The molecule has 1 aliphatic heterocycles. The van der Waals surface area contributed by atoms with Crippen molar-refractivity contribution in [1.82, 2.24) is 0 Å². The number of rotatable bonds is 2. The Kier molecular flexibility index (Phi) is 3.48. The highest BCUT2D eigenvalue weighted by atomic mass is 19.1. The predicted octanol–water partition coefficient (Wildman–Crippen LogP) is 3.28. The van der Waals surface area contributed by atoms with E-state index >= 15 is 0 Å². The first kappa shape index (κ1) is 12.9. The van der Waals surface area contributed by atoms with Crippen LogP contribution in [0, 0.1) is 17.7 Å². The Bertz CT molecular complexity index is 462. The van der Waals surface area contributed by atoms with Crippen LogP contribution in [-0.2, 0) is 6.42 Å². The smallest absolute Gasteiger partial charge is 0.123 e. The highest BCUT2D eigenvalue weighted by molar-refractivity contribution is 5.37. The topological polar surface area (TPSA) is 35.2 Å². The van der Waals surface area contributed by atoms with Gasteiger partial charge in [0.05, 0.1) is 0 Å². The van der Waals surface area contributed by atoms with Crippen LogP contribution in [0.5, 0.6) is 5.75 Å². The number of halogens is 1. The zero-order valence-electron chi connectivity index (χ0n) is 11.4. The molecule has 4 atom stereocenters. The van der Waals surface area contributed by atoms with E-state index in [-0.39, 0.29) is 11.9 Å². The minimum Gasteiger partial charge on any atom is -0.490 e. The molecule has 1 saturated carbocycles. The van der Waals surface area contributed by atoms with E-state index in [0.29, 0.717) is 12.0 Å². The molecule has 1 heterocycles. The first-order valence-corrected chi connectivity index (χ1v) is 7.32. The van der Waals surface area contributed by atoms with Crippen LogP contribution in [-0.4, -0.2) is 12.1 Å². The lowest BCUT2D eigenvalue weighted by atomic mass is 9.76. The predicted molar refractivity (Wildman–Crippen MR) is 73.6 cm³/mol. The zero-order chi connectivity index (χ0) is 13.4. The van der Waals surface area contributed by atoms with Crippen molar-refractivity contribution in [2.45, 2.75) is 51.2 Å². The minimum atomic E-state index is -0.175. The number of nitrogens with two attached hydrogens (primary N) is 1. The second-order valence-corrected chi connectivity index (χ2v) is 6.27. The maximum absolute atomic E-state index is 13.2. The molecule has 1 fully saturated rings. The summed E-state index contributed by atoms with van der Waals surface area (Å²) in [6.45, 7) is 2.30. The fraction of sp³-hybridized carbons (Fsp3) is 0.625. The fourth-order valence-electron chi connectivity index (χ4n) is 3.55. The summed E-state index contributed by atoms with van der Waals surface area (Å²) >= 11 is 0. The third-order valence-corrected chi connectivity index (χ3v) is 4.63. The fourth-order valence-corrected chi connectivity index (χ4v) is 3.55. The van der Waals surface area contributed by atoms with Gasteiger partial charge in [-0.05, 0) is 55.7 Å². The highest BCUT2D eigenvalue weighted by Crippen LogP contribution is 2.36. The van der Waals surface area contributed by atoms with Gasteiger partial charge < -0.3 is 10.5 Å². The lowest BCUT2D eigenvalue weighted by molar-refractivity contribution is 0.147. The van der Waals surface area contributed by atoms with Crippen LogP contribution >= 0.6 is 0 Å². The van der Waals surface area contributed by atoms with E-state index in [1.165, 1.54) is 18.9 Å². The lowest BCUT2D eigenvalue weighted by Crippen LogP contribution is -2.38. The molecule has 4 unspecified atom stereocenters. The molecule has 1 aromatic rings. The number of hydrogen-bond donors (Lipinski definition) is 1. The Morgan fingerprint density at radius 3 is 3.05 bits per heavy atom. The molecular formula is C16H22FNO. The van der Waals surface area contributed by atoms with Crippen LogP contribution in [0.15, 0.2) is 18.2 Å². The van der Waals surface area contributed by atoms with E-state index in [4.69, 9.17) is 10.5 Å². The molecule has 1 aromatic carbocycles. The Morgan fingerprint density at radius 2 is 2.21 bits per heavy atom. The first-order chi connectivity index (χ1) is 9.11. The second kappa shape index (κ2) is 5.12. The molecule has 0 amide bonds. The molecule has 0 spiro atoms. The maximum Gasteiger partial charge on any atom is 0.123 e. The van der Waals surface area contributed by atoms with E-state index in [9.17, 15) is 4.39 Å². The molecule has 104 valence electrons. The molecule has 0 saturated heterocycles. The van der Waals surface area contributed by atoms with E-state index in [1.54, 1.807) is 12.1 Å². The Balaban J connectivity index is 1.63. The minimum absolute atomic E-state index is 0.175. The third-order valence-electron chi connectivity index (χ3n) is 4.63. The largest absolute Gasteiger partial charge is 0.490 e. The van der Waals surface area contributed by atoms with Gasteiger partial charge in [-0.15, -0.1) is 0 Å². The summed E-state index contributed by atoms with van der Waals surface area (Å²) in [5, 5.41) is 0. The molecular weight excluding hydrogens is 241 g/mol. The van der Waals surface area contributed by atoms with Crippen LogP contribution in [0.25, 0.3) is 0 Å². The standard InChI is InChI=1S/C16H22FNO/c1-10-2-4-15(18)11(6-10)8-14-9-12-7-13(17)3-5-16(12)19-14/h3,5,7,10-11,14-15H,2,4,6,8-9,18H2,1H3. The van der Waals surface area contributed by atoms with Crippen molar-refractivity contribution in [3.8, 4) is 5.75 Å². The van der Waals surface area contributed by atoms with Crippen LogP contribution in [0.4, 0.5) is 4.39 Å². The van der Waals surface area contributed by atoms with Crippen molar-refractivity contribution in [1.29, 1.82) is 0 Å². The van der Waals surface area contributed by atoms with Crippen molar-refractivity contribution < 1.29 is 9.13 Å². The second-order valence-electron chi connectivity index (χ2n) is 6.27. The molecule has 3 rings (SSSR count). The average molecular weight is 263 g/mol. The van der Waals surface area contributed by atoms with Gasteiger partial charge in [0.15, 0.2) is 0 Å². The van der Waals surface area contributed by atoms with Gasteiger partial charge in [0, 0.05) is 18.0 Å². The summed E-state index contributed by atoms with van der Waals surface area (Å²) in [6.07, 6.45) is 5.57. The molecule has 19 heavy (non-hydrogen) atoms. The van der Waals surface area contributed by atoms with Crippen LogP contribution in [0.1, 0.15) is 38.2 Å². The van der Waals surface area contributed by atoms with Crippen LogP contribution in [0.2, 0.25) is 0 Å². The van der Waals surface area contributed by atoms with Crippen molar-refractivity contribution in [2.75, 3.05) is 0 Å². The summed E-state index contributed by atoms with van der Waals surface area (Å²) in [5.74, 6) is 1.99. The molecule has 2 nitrogen and oxygen atoms in total. The number of ether oxygens (including phenoxy) is 1. The molecule has 0 aromatic heterocycles. The molecule has 0 bridgehead atoms. The molecule has 2 N–H and O–H groups in total. The van der Waals surface area contributed by atoms with E-state index in [2.05, 4.69) is 6.92 Å². The van der Waals surface area contributed by atoms with Crippen molar-refractivity contribution >= 4 is 0 Å². The van der Waals surface area contributed by atoms with Gasteiger partial charge in [-0.3, -0.25) is 0 Å². The molecule has 2 aliphatic rings. The maximum atomic E-state index is 13.2. The quantitative estimate of drug-likeness (QED) is 0.888. The van der Waals surface area contributed by atoms with Gasteiger partial charge in [0.1, 0.15) is 17.7 Å². The number of fused-ring (bicyclic) bond motifs is 1. The number of hydrogen-bond acceptors (Lipinski definition) is 2. The van der Waals surface area contributed by atoms with Gasteiger partial charge in [0.25, 0.3) is 0 Å². The van der Waals surface area contributed by atoms with E-state index < -0.39 is 0 Å². The third kappa shape index (κ3) is 2.76. The molecule has 1 aliphatic carbocycles. The van der Waals surface area contributed by atoms with E-state index in [0.717, 1.165) is 36.5 Å². The first-order valence-electron chi connectivity index (χ1n) is 7.32. The Labute approximate surface area is 114 Å². The summed E-state index contributed by atoms with van der Waals surface area (Å²) < 4.78 is 19.1. The summed E-state index contributed by atoms with van der Waals surface area (Å²) in [5.41, 5.74) is 7.24. The highest BCUT2D eigenvalue weighted by Gasteiger charge is 2.31. The molecule has 0 radical (unpaired) electrons. The Morgan fingerprint density at radius 1 is 1.37 bits per heavy atom. The van der Waals surface area contributed by atoms with Gasteiger partial charge in [-0.1, -0.05) is 6.92 Å². The zero-order valence-corrected chi connectivity index (χ0v) is 11.4. The number of benzene rings is 1. The Hall–Kier alpha value is -1.09. The van der Waals surface area contributed by atoms with Gasteiger partial charge in [-0.2, -0.15) is 0 Å². The SMILES string of the molecule is CC1CCC(N)C(CC2Cc3cc(F)ccc3O2)C1. The van der Waals surface area contributed by atoms with Crippen molar-refractivity contribution in [3.05, 3.63) is 29.6 Å². The summed E-state index contributed by atoms with van der Waals surface area (Å²) in [6, 6.07) is 5.11. The normalized spacial score (nSPS) is 33.8. The van der Waals surface area contributed by atoms with Gasteiger partial charge in [0.2, 0.25) is 0 Å². The monoisotopic (exact) mass is 263 g/mol. The van der Waals surface area contributed by atoms with Gasteiger partial charge >= 0.3 is 0 Å². The molecule has 3 heteroatoms. The van der Waals surface area contributed by atoms with Crippen LogP contribution in [0.3, 0.4) is 0 Å². The van der Waals surface area contributed by atoms with Gasteiger partial charge in [-0.25, -0.2) is 4.39 Å². The van der Waals surface area contributed by atoms with E-state index in [1.807, 2.05) is 0 Å². The summed E-state index contributed by atoms with van der Waals surface area (Å²) in [4.78, 5) is 0. The van der Waals surface area contributed by atoms with Crippen LogP contribution < -0.4 is 10.5 Å². The average Bonchev–Trinajstić information content (AvgIpc) is 2.75.